The number of nitrogens with two attached hydrogens (primary N) is 1. The highest BCUT2D eigenvalue weighted by Gasteiger charge is 2.25. The van der Waals surface area contributed by atoms with Gasteiger partial charge in [0, 0.05) is 22.9 Å². The van der Waals surface area contributed by atoms with Crippen molar-refractivity contribution in [1.29, 1.82) is 0 Å². The monoisotopic (exact) mass is 321 g/mol. The van der Waals surface area contributed by atoms with Crippen LogP contribution >= 0.6 is 22.9 Å². The molecule has 1 saturated heterocycles. The summed E-state index contributed by atoms with van der Waals surface area (Å²) < 4.78 is 7.41. The molecule has 21 heavy (non-hydrogen) atoms. The van der Waals surface area contributed by atoms with Gasteiger partial charge in [-0.25, -0.2) is 0 Å². The smallest absolute Gasteiger partial charge is 0.235 e. The maximum absolute atomic E-state index is 6.02. The largest absolute Gasteiger partial charge is 0.398 e. The molecular formula is C13H12ClN5OS. The Balaban J connectivity index is 1.80. The van der Waals surface area contributed by atoms with E-state index in [9.17, 15) is 0 Å². The van der Waals surface area contributed by atoms with E-state index in [0.29, 0.717) is 10.7 Å². The van der Waals surface area contributed by atoms with Gasteiger partial charge in [-0.15, -0.1) is 10.2 Å². The fraction of sp³-hybridized carbons (Fsp3) is 0.308. The Hall–Kier alpha value is -1.70. The zero-order valence-corrected chi connectivity index (χ0v) is 12.6. The van der Waals surface area contributed by atoms with Gasteiger partial charge >= 0.3 is 0 Å². The molecule has 6 nitrogen and oxygen atoms in total. The molecule has 3 heterocycles. The van der Waals surface area contributed by atoms with Crippen molar-refractivity contribution in [2.75, 3.05) is 12.3 Å². The standard InChI is InChI=1S/C13H12ClN5OS/c14-7-3-4-8(9(15)6-7)12-18-19-11(10-2-1-5-20-10)16-17-13(19)21-12/h3-4,6,10H,1-2,5,15H2. The summed E-state index contributed by atoms with van der Waals surface area (Å²) in [7, 11) is 0. The highest BCUT2D eigenvalue weighted by Crippen LogP contribution is 2.34. The quantitative estimate of drug-likeness (QED) is 0.734. The van der Waals surface area contributed by atoms with E-state index in [1.54, 1.807) is 16.6 Å². The molecule has 0 spiro atoms. The van der Waals surface area contributed by atoms with Gasteiger partial charge in [0.15, 0.2) is 5.82 Å². The molecule has 2 N–H and O–H groups in total. The Morgan fingerprint density at radius 1 is 1.38 bits per heavy atom. The number of aromatic nitrogens is 4. The number of anilines is 1. The molecule has 0 radical (unpaired) electrons. The fourth-order valence-electron chi connectivity index (χ4n) is 2.45. The zero-order valence-electron chi connectivity index (χ0n) is 11.0. The van der Waals surface area contributed by atoms with Crippen molar-refractivity contribution in [1.82, 2.24) is 19.8 Å². The first-order valence-electron chi connectivity index (χ1n) is 6.61. The molecule has 0 amide bonds. The minimum atomic E-state index is -0.0162. The van der Waals surface area contributed by atoms with Crippen LogP contribution in [0, 0.1) is 0 Å². The molecule has 4 rings (SSSR count). The third-order valence-electron chi connectivity index (χ3n) is 3.48. The number of nitrogens with zero attached hydrogens (tertiary/aromatic N) is 4. The van der Waals surface area contributed by atoms with Crippen molar-refractivity contribution < 1.29 is 4.74 Å². The fourth-order valence-corrected chi connectivity index (χ4v) is 3.53. The van der Waals surface area contributed by atoms with E-state index in [-0.39, 0.29) is 6.10 Å². The minimum absolute atomic E-state index is 0.0162. The second-order valence-electron chi connectivity index (χ2n) is 4.89. The number of fused-ring (bicyclic) bond motifs is 1. The summed E-state index contributed by atoms with van der Waals surface area (Å²) in [5.41, 5.74) is 7.47. The molecule has 1 unspecified atom stereocenters. The van der Waals surface area contributed by atoms with E-state index < -0.39 is 0 Å². The highest BCUT2D eigenvalue weighted by molar-refractivity contribution is 7.19. The summed E-state index contributed by atoms with van der Waals surface area (Å²) in [6.45, 7) is 0.765. The molecule has 2 aromatic heterocycles. The van der Waals surface area contributed by atoms with Crippen molar-refractivity contribution >= 4 is 33.6 Å². The van der Waals surface area contributed by atoms with Gasteiger partial charge in [-0.05, 0) is 31.0 Å². The second-order valence-corrected chi connectivity index (χ2v) is 6.29. The lowest BCUT2D eigenvalue weighted by atomic mass is 10.2. The summed E-state index contributed by atoms with van der Waals surface area (Å²) >= 11 is 7.38. The lowest BCUT2D eigenvalue weighted by Gasteiger charge is -2.04. The van der Waals surface area contributed by atoms with Crippen LogP contribution in [-0.2, 0) is 4.74 Å². The van der Waals surface area contributed by atoms with Crippen LogP contribution in [0.3, 0.4) is 0 Å². The zero-order chi connectivity index (χ0) is 14.4. The van der Waals surface area contributed by atoms with Crippen LogP contribution in [0.2, 0.25) is 5.02 Å². The molecule has 1 fully saturated rings. The van der Waals surface area contributed by atoms with Gasteiger partial charge in [-0.2, -0.15) is 9.61 Å². The van der Waals surface area contributed by atoms with Crippen LogP contribution in [-0.4, -0.2) is 26.4 Å². The summed E-state index contributed by atoms with van der Waals surface area (Å²) in [6, 6.07) is 5.39. The van der Waals surface area contributed by atoms with Gasteiger partial charge in [0.2, 0.25) is 4.96 Å². The Labute approximate surface area is 129 Å². The summed E-state index contributed by atoms with van der Waals surface area (Å²) in [5.74, 6) is 0.762. The van der Waals surface area contributed by atoms with E-state index in [4.69, 9.17) is 22.1 Å². The van der Waals surface area contributed by atoms with Gasteiger partial charge in [0.25, 0.3) is 0 Å². The molecule has 3 aromatic rings. The summed E-state index contributed by atoms with van der Waals surface area (Å²) in [6.07, 6.45) is 1.98. The molecule has 1 aliphatic heterocycles. The molecule has 1 aliphatic rings. The van der Waals surface area contributed by atoms with Gasteiger partial charge in [0.1, 0.15) is 11.1 Å². The van der Waals surface area contributed by atoms with Gasteiger partial charge in [-0.1, -0.05) is 22.9 Å². The van der Waals surface area contributed by atoms with Crippen LogP contribution < -0.4 is 5.73 Å². The topological polar surface area (TPSA) is 78.3 Å². The molecule has 0 saturated carbocycles. The second kappa shape index (κ2) is 4.94. The number of rotatable bonds is 2. The number of halogens is 1. The van der Waals surface area contributed by atoms with Gasteiger partial charge < -0.3 is 10.5 Å². The first-order chi connectivity index (χ1) is 10.2. The van der Waals surface area contributed by atoms with Crippen LogP contribution in [0.1, 0.15) is 24.8 Å². The average Bonchev–Trinajstić information content (AvgIpc) is 3.13. The Bertz CT molecular complexity index is 808. The number of hydrogen-bond donors (Lipinski definition) is 1. The Morgan fingerprint density at radius 2 is 2.29 bits per heavy atom. The van der Waals surface area contributed by atoms with Crippen LogP contribution in [0.4, 0.5) is 5.69 Å². The lowest BCUT2D eigenvalue weighted by molar-refractivity contribution is 0.103. The number of hydrogen-bond acceptors (Lipinski definition) is 6. The molecule has 8 heteroatoms. The van der Waals surface area contributed by atoms with Crippen molar-refractivity contribution in [2.45, 2.75) is 18.9 Å². The Morgan fingerprint density at radius 3 is 3.05 bits per heavy atom. The third-order valence-corrected chi connectivity index (χ3v) is 4.64. The molecular weight excluding hydrogens is 310 g/mol. The normalized spacial score (nSPS) is 18.6. The molecule has 1 aromatic carbocycles. The lowest BCUT2D eigenvalue weighted by Crippen LogP contribution is -2.03. The number of ether oxygens (including phenoxy) is 1. The minimum Gasteiger partial charge on any atom is -0.398 e. The number of benzene rings is 1. The molecule has 0 bridgehead atoms. The van der Waals surface area contributed by atoms with Crippen LogP contribution in [0.15, 0.2) is 18.2 Å². The van der Waals surface area contributed by atoms with Crippen LogP contribution in [0.25, 0.3) is 15.5 Å². The molecule has 108 valence electrons. The predicted molar refractivity (Wildman–Crippen MR) is 81.4 cm³/mol. The molecule has 1 atom stereocenters. The SMILES string of the molecule is Nc1cc(Cl)ccc1-c1nn2c(C3CCCO3)nnc2s1. The molecule has 0 aliphatic carbocycles. The van der Waals surface area contributed by atoms with E-state index in [2.05, 4.69) is 15.3 Å². The van der Waals surface area contributed by atoms with Crippen molar-refractivity contribution in [3.8, 4) is 10.6 Å². The third kappa shape index (κ3) is 2.17. The maximum Gasteiger partial charge on any atom is 0.235 e. The van der Waals surface area contributed by atoms with Gasteiger partial charge in [-0.3, -0.25) is 0 Å². The first-order valence-corrected chi connectivity index (χ1v) is 7.81. The van der Waals surface area contributed by atoms with Crippen molar-refractivity contribution in [3.05, 3.63) is 29.0 Å². The predicted octanol–water partition coefficient (Wildman–Crippen LogP) is 2.94. The van der Waals surface area contributed by atoms with E-state index in [1.807, 2.05) is 6.07 Å². The maximum atomic E-state index is 6.02. The highest BCUT2D eigenvalue weighted by atomic mass is 35.5. The van der Waals surface area contributed by atoms with E-state index in [1.165, 1.54) is 11.3 Å². The van der Waals surface area contributed by atoms with E-state index >= 15 is 0 Å². The van der Waals surface area contributed by atoms with Crippen molar-refractivity contribution in [2.24, 2.45) is 0 Å². The average molecular weight is 322 g/mol. The summed E-state index contributed by atoms with van der Waals surface area (Å²) in [4.78, 5) is 0.741. The Kier molecular flexibility index (Phi) is 3.06. The van der Waals surface area contributed by atoms with E-state index in [0.717, 1.165) is 40.8 Å². The summed E-state index contributed by atoms with van der Waals surface area (Å²) in [5, 5.41) is 14.4. The number of nitrogen functional groups attached to an aromatic ring is 1. The van der Waals surface area contributed by atoms with Crippen LogP contribution in [0.5, 0.6) is 0 Å². The van der Waals surface area contributed by atoms with Crippen molar-refractivity contribution in [3.63, 3.8) is 0 Å². The van der Waals surface area contributed by atoms with Gasteiger partial charge in [0.05, 0.1) is 0 Å². The first kappa shape index (κ1) is 13.0.